The van der Waals surface area contributed by atoms with Gasteiger partial charge in [-0.15, -0.1) is 0 Å². The van der Waals surface area contributed by atoms with Gasteiger partial charge in [0, 0.05) is 23.8 Å². The van der Waals surface area contributed by atoms with Crippen LogP contribution in [0, 0.1) is 6.92 Å². The molecule has 1 fully saturated rings. The zero-order chi connectivity index (χ0) is 16.2. The van der Waals surface area contributed by atoms with E-state index in [1.165, 1.54) is 6.42 Å². The van der Waals surface area contributed by atoms with Crippen LogP contribution < -0.4 is 5.32 Å². The number of likely N-dealkylation sites (tertiary alicyclic amines) is 1. The number of aryl methyl sites for hydroxylation is 1. The Bertz CT molecular complexity index is 694. The Hall–Kier alpha value is -2.07. The second-order valence-corrected chi connectivity index (χ2v) is 6.31. The van der Waals surface area contributed by atoms with Crippen molar-refractivity contribution in [3.63, 3.8) is 0 Å². The van der Waals surface area contributed by atoms with Crippen molar-refractivity contribution in [3.8, 4) is 0 Å². The molecule has 0 atom stereocenters. The Morgan fingerprint density at radius 3 is 2.65 bits per heavy atom. The largest absolute Gasteiger partial charge is 0.354 e. The first-order valence-corrected chi connectivity index (χ1v) is 8.30. The van der Waals surface area contributed by atoms with Gasteiger partial charge in [0.05, 0.1) is 11.9 Å². The Labute approximate surface area is 141 Å². The molecule has 1 aliphatic rings. The van der Waals surface area contributed by atoms with E-state index >= 15 is 0 Å². The number of halogens is 1. The van der Waals surface area contributed by atoms with Crippen LogP contribution >= 0.6 is 11.6 Å². The fourth-order valence-corrected chi connectivity index (χ4v) is 2.91. The minimum absolute atomic E-state index is 0.0233. The molecule has 2 heterocycles. The van der Waals surface area contributed by atoms with E-state index in [-0.39, 0.29) is 5.91 Å². The average molecular weight is 330 g/mol. The van der Waals surface area contributed by atoms with E-state index in [1.807, 2.05) is 36.1 Å². The van der Waals surface area contributed by atoms with Gasteiger partial charge in [-0.05, 0) is 56.0 Å². The van der Waals surface area contributed by atoms with Crippen LogP contribution in [0.15, 0.2) is 36.5 Å². The summed E-state index contributed by atoms with van der Waals surface area (Å²) in [4.78, 5) is 18.6. The zero-order valence-electron chi connectivity index (χ0n) is 13.2. The fourth-order valence-electron chi connectivity index (χ4n) is 2.74. The Morgan fingerprint density at radius 2 is 1.96 bits per heavy atom. The number of nitrogens with one attached hydrogen (secondary N) is 1. The molecule has 0 radical (unpaired) electrons. The van der Waals surface area contributed by atoms with Crippen LogP contribution in [-0.4, -0.2) is 28.9 Å². The standard InChI is InChI=1S/C18H20ClN3O/c1-13-5-6-14(19)11-17(13)21-15-7-8-16(20-12-15)18(23)22-9-3-2-4-10-22/h5-8,11-12,21H,2-4,9-10H2,1H3. The zero-order valence-corrected chi connectivity index (χ0v) is 13.9. The van der Waals surface area contributed by atoms with E-state index < -0.39 is 0 Å². The molecule has 2 aromatic rings. The molecule has 0 unspecified atom stereocenters. The summed E-state index contributed by atoms with van der Waals surface area (Å²) >= 11 is 6.03. The molecule has 0 saturated carbocycles. The lowest BCUT2D eigenvalue weighted by molar-refractivity contribution is 0.0718. The third-order valence-corrected chi connectivity index (χ3v) is 4.34. The molecular formula is C18H20ClN3O. The number of carbonyl (C=O) groups excluding carboxylic acids is 1. The predicted molar refractivity (Wildman–Crippen MR) is 93.5 cm³/mol. The summed E-state index contributed by atoms with van der Waals surface area (Å²) < 4.78 is 0. The van der Waals surface area contributed by atoms with Crippen molar-refractivity contribution in [2.24, 2.45) is 0 Å². The molecule has 3 rings (SSSR count). The van der Waals surface area contributed by atoms with Gasteiger partial charge in [-0.1, -0.05) is 17.7 Å². The maximum absolute atomic E-state index is 12.4. The summed E-state index contributed by atoms with van der Waals surface area (Å²) in [5, 5.41) is 3.97. The summed E-state index contributed by atoms with van der Waals surface area (Å²) in [6.45, 7) is 3.69. The molecule has 1 amide bonds. The van der Waals surface area contributed by atoms with E-state index in [0.29, 0.717) is 10.7 Å². The average Bonchev–Trinajstić information content (AvgIpc) is 2.59. The van der Waals surface area contributed by atoms with Crippen molar-refractivity contribution in [2.75, 3.05) is 18.4 Å². The molecule has 1 saturated heterocycles. The van der Waals surface area contributed by atoms with Gasteiger partial charge in [0.1, 0.15) is 5.69 Å². The number of amides is 1. The molecule has 0 aliphatic carbocycles. The van der Waals surface area contributed by atoms with Gasteiger partial charge >= 0.3 is 0 Å². The Morgan fingerprint density at radius 1 is 1.17 bits per heavy atom. The normalized spacial score (nSPS) is 14.6. The smallest absolute Gasteiger partial charge is 0.272 e. The van der Waals surface area contributed by atoms with Crippen LogP contribution in [0.4, 0.5) is 11.4 Å². The van der Waals surface area contributed by atoms with Gasteiger partial charge in [0.15, 0.2) is 0 Å². The van der Waals surface area contributed by atoms with Crippen LogP contribution in [-0.2, 0) is 0 Å². The number of benzene rings is 1. The monoisotopic (exact) mass is 329 g/mol. The van der Waals surface area contributed by atoms with Crippen molar-refractivity contribution in [1.82, 2.24) is 9.88 Å². The van der Waals surface area contributed by atoms with E-state index in [0.717, 1.165) is 42.9 Å². The lowest BCUT2D eigenvalue weighted by Crippen LogP contribution is -2.36. The highest BCUT2D eigenvalue weighted by atomic mass is 35.5. The first kappa shape index (κ1) is 15.8. The number of rotatable bonds is 3. The summed E-state index contributed by atoms with van der Waals surface area (Å²) in [5.41, 5.74) is 3.38. The van der Waals surface area contributed by atoms with Crippen molar-refractivity contribution >= 4 is 28.9 Å². The van der Waals surface area contributed by atoms with Crippen molar-refractivity contribution in [2.45, 2.75) is 26.2 Å². The van der Waals surface area contributed by atoms with Crippen molar-refractivity contribution in [1.29, 1.82) is 0 Å². The summed E-state index contributed by atoms with van der Waals surface area (Å²) in [7, 11) is 0. The molecule has 23 heavy (non-hydrogen) atoms. The Balaban J connectivity index is 1.71. The third-order valence-electron chi connectivity index (χ3n) is 4.10. The quantitative estimate of drug-likeness (QED) is 0.907. The molecule has 120 valence electrons. The number of carbonyl (C=O) groups is 1. The highest BCUT2D eigenvalue weighted by Crippen LogP contribution is 2.24. The van der Waals surface area contributed by atoms with Gasteiger partial charge in [-0.3, -0.25) is 4.79 Å². The van der Waals surface area contributed by atoms with Gasteiger partial charge in [-0.2, -0.15) is 0 Å². The van der Waals surface area contributed by atoms with E-state index in [9.17, 15) is 4.79 Å². The number of piperidine rings is 1. The van der Waals surface area contributed by atoms with E-state index in [2.05, 4.69) is 10.3 Å². The van der Waals surface area contributed by atoms with E-state index in [4.69, 9.17) is 11.6 Å². The van der Waals surface area contributed by atoms with Crippen LogP contribution in [0.2, 0.25) is 5.02 Å². The number of aromatic nitrogens is 1. The topological polar surface area (TPSA) is 45.2 Å². The lowest BCUT2D eigenvalue weighted by atomic mass is 10.1. The maximum atomic E-state index is 12.4. The number of hydrogen-bond acceptors (Lipinski definition) is 3. The number of pyridine rings is 1. The fraction of sp³-hybridized carbons (Fsp3) is 0.333. The minimum Gasteiger partial charge on any atom is -0.354 e. The number of nitrogens with zero attached hydrogens (tertiary/aromatic N) is 2. The molecule has 1 aromatic carbocycles. The molecule has 4 nitrogen and oxygen atoms in total. The first-order valence-electron chi connectivity index (χ1n) is 7.92. The van der Waals surface area contributed by atoms with Gasteiger partial charge in [0.25, 0.3) is 5.91 Å². The van der Waals surface area contributed by atoms with Crippen molar-refractivity contribution in [3.05, 3.63) is 52.8 Å². The van der Waals surface area contributed by atoms with Crippen LogP contribution in [0.25, 0.3) is 0 Å². The van der Waals surface area contributed by atoms with Crippen molar-refractivity contribution < 1.29 is 4.79 Å². The SMILES string of the molecule is Cc1ccc(Cl)cc1Nc1ccc(C(=O)N2CCCCC2)nc1. The molecule has 0 spiro atoms. The second-order valence-electron chi connectivity index (χ2n) is 5.87. The van der Waals surface area contributed by atoms with E-state index in [1.54, 1.807) is 12.3 Å². The molecule has 1 aromatic heterocycles. The molecular weight excluding hydrogens is 310 g/mol. The maximum Gasteiger partial charge on any atom is 0.272 e. The summed E-state index contributed by atoms with van der Waals surface area (Å²) in [6, 6.07) is 9.36. The highest BCUT2D eigenvalue weighted by Gasteiger charge is 2.18. The van der Waals surface area contributed by atoms with Gasteiger partial charge in [0.2, 0.25) is 0 Å². The van der Waals surface area contributed by atoms with Gasteiger partial charge < -0.3 is 10.2 Å². The first-order chi connectivity index (χ1) is 11.1. The minimum atomic E-state index is 0.0233. The second kappa shape index (κ2) is 7.01. The molecule has 5 heteroatoms. The van der Waals surface area contributed by atoms with Crippen LogP contribution in [0.5, 0.6) is 0 Å². The summed E-state index contributed by atoms with van der Waals surface area (Å²) in [5.74, 6) is 0.0233. The van der Waals surface area contributed by atoms with Gasteiger partial charge in [-0.25, -0.2) is 4.98 Å². The molecule has 1 N–H and O–H groups in total. The Kier molecular flexibility index (Phi) is 4.82. The summed E-state index contributed by atoms with van der Waals surface area (Å²) in [6.07, 6.45) is 5.06. The molecule has 1 aliphatic heterocycles. The third kappa shape index (κ3) is 3.82. The number of hydrogen-bond donors (Lipinski definition) is 1. The lowest BCUT2D eigenvalue weighted by Gasteiger charge is -2.26. The highest BCUT2D eigenvalue weighted by molar-refractivity contribution is 6.30. The van der Waals surface area contributed by atoms with Crippen LogP contribution in [0.3, 0.4) is 0 Å². The van der Waals surface area contributed by atoms with Crippen LogP contribution in [0.1, 0.15) is 35.3 Å². The number of anilines is 2. The molecule has 0 bridgehead atoms. The predicted octanol–water partition coefficient (Wildman–Crippen LogP) is 4.41.